The quantitative estimate of drug-likeness (QED) is 0.439. The second-order valence-corrected chi connectivity index (χ2v) is 4.79. The van der Waals surface area contributed by atoms with E-state index >= 15 is 0 Å². The van der Waals surface area contributed by atoms with Crippen molar-refractivity contribution in [2.24, 2.45) is 0 Å². The maximum atomic E-state index is 5.88. The van der Waals surface area contributed by atoms with Crippen LogP contribution in [0.25, 0.3) is 32.9 Å². The summed E-state index contributed by atoms with van der Waals surface area (Å²) in [5.74, 6) is 0. The fourth-order valence-electron chi connectivity index (χ4n) is 2.59. The Bertz CT molecular complexity index is 883. The summed E-state index contributed by atoms with van der Waals surface area (Å²) in [5.41, 5.74) is 11.3. The normalized spacial score (nSPS) is 11.4. The highest BCUT2D eigenvalue weighted by molar-refractivity contribution is 5.99. The fraction of sp³-hybridized carbons (Fsp3) is 0. The number of aromatic amines is 2. The highest BCUT2D eigenvalue weighted by Crippen LogP contribution is 2.31. The highest BCUT2D eigenvalue weighted by atomic mass is 14.7. The first kappa shape index (κ1) is 10.3. The van der Waals surface area contributed by atoms with E-state index in [0.29, 0.717) is 0 Å². The molecule has 0 aliphatic carbocycles. The van der Waals surface area contributed by atoms with Gasteiger partial charge in [0.1, 0.15) is 0 Å². The second-order valence-electron chi connectivity index (χ2n) is 4.79. The van der Waals surface area contributed by atoms with Crippen LogP contribution in [-0.4, -0.2) is 9.97 Å². The predicted octanol–water partition coefficient (Wildman–Crippen LogP) is 3.90. The monoisotopic (exact) mass is 247 g/mol. The van der Waals surface area contributed by atoms with Gasteiger partial charge in [-0.1, -0.05) is 12.1 Å². The van der Waals surface area contributed by atoms with Crippen molar-refractivity contribution in [2.75, 3.05) is 5.73 Å². The van der Waals surface area contributed by atoms with Crippen molar-refractivity contribution >= 4 is 27.5 Å². The number of nitrogen functional groups attached to an aromatic ring is 1. The van der Waals surface area contributed by atoms with Crippen LogP contribution in [-0.2, 0) is 0 Å². The van der Waals surface area contributed by atoms with Gasteiger partial charge in [0.15, 0.2) is 0 Å². The Labute approximate surface area is 110 Å². The average molecular weight is 247 g/mol. The van der Waals surface area contributed by atoms with Gasteiger partial charge < -0.3 is 15.7 Å². The molecule has 2 aromatic heterocycles. The molecule has 3 heteroatoms. The van der Waals surface area contributed by atoms with Gasteiger partial charge in [0.25, 0.3) is 0 Å². The lowest BCUT2D eigenvalue weighted by atomic mass is 10.0. The van der Waals surface area contributed by atoms with Crippen LogP contribution in [0.15, 0.2) is 54.9 Å². The van der Waals surface area contributed by atoms with Gasteiger partial charge >= 0.3 is 0 Å². The molecule has 0 aliphatic heterocycles. The van der Waals surface area contributed by atoms with Crippen molar-refractivity contribution in [3.05, 3.63) is 54.9 Å². The summed E-state index contributed by atoms with van der Waals surface area (Å²) in [4.78, 5) is 6.54. The second kappa shape index (κ2) is 3.65. The minimum Gasteiger partial charge on any atom is -0.399 e. The fourth-order valence-corrected chi connectivity index (χ4v) is 2.59. The van der Waals surface area contributed by atoms with Gasteiger partial charge in [-0.05, 0) is 41.3 Å². The van der Waals surface area contributed by atoms with Crippen LogP contribution in [0, 0.1) is 0 Å². The molecule has 0 fully saturated rings. The predicted molar refractivity (Wildman–Crippen MR) is 80.0 cm³/mol. The van der Waals surface area contributed by atoms with E-state index in [2.05, 4.69) is 34.2 Å². The summed E-state index contributed by atoms with van der Waals surface area (Å²) in [6.07, 6.45) is 4.00. The molecule has 4 rings (SSSR count). The summed E-state index contributed by atoms with van der Waals surface area (Å²) in [6, 6.07) is 14.5. The van der Waals surface area contributed by atoms with Crippen molar-refractivity contribution in [3.63, 3.8) is 0 Å². The Kier molecular flexibility index (Phi) is 1.97. The molecule has 0 aliphatic rings. The number of rotatable bonds is 1. The van der Waals surface area contributed by atoms with Gasteiger partial charge in [-0.2, -0.15) is 0 Å². The van der Waals surface area contributed by atoms with Crippen molar-refractivity contribution in [1.29, 1.82) is 0 Å². The molecule has 92 valence electrons. The molecule has 3 nitrogen and oxygen atoms in total. The number of anilines is 1. The van der Waals surface area contributed by atoms with Crippen LogP contribution < -0.4 is 5.73 Å². The minimum atomic E-state index is 0.786. The van der Waals surface area contributed by atoms with E-state index in [4.69, 9.17) is 5.73 Å². The van der Waals surface area contributed by atoms with Crippen LogP contribution in [0.1, 0.15) is 0 Å². The molecule has 19 heavy (non-hydrogen) atoms. The molecular weight excluding hydrogens is 234 g/mol. The third kappa shape index (κ3) is 1.52. The first-order valence-corrected chi connectivity index (χ1v) is 6.25. The van der Waals surface area contributed by atoms with Gasteiger partial charge in [0.05, 0.1) is 0 Å². The number of H-pyrrole nitrogens is 2. The van der Waals surface area contributed by atoms with Crippen LogP contribution in [0.5, 0.6) is 0 Å². The summed E-state index contributed by atoms with van der Waals surface area (Å²) in [7, 11) is 0. The molecule has 2 heterocycles. The lowest BCUT2D eigenvalue weighted by Crippen LogP contribution is -1.83. The van der Waals surface area contributed by atoms with Gasteiger partial charge in [-0.25, -0.2) is 0 Å². The third-order valence-corrected chi connectivity index (χ3v) is 3.57. The van der Waals surface area contributed by atoms with Crippen molar-refractivity contribution in [2.45, 2.75) is 0 Å². The maximum absolute atomic E-state index is 5.88. The highest BCUT2D eigenvalue weighted by Gasteiger charge is 2.07. The number of nitrogens with one attached hydrogen (secondary N) is 2. The standard InChI is InChI=1S/C16H13N3/c17-12-3-4-15-13(8-12)14(9-19-15)11-2-1-10-5-6-18-16(10)7-11/h1-9,18-19H,17H2. The SMILES string of the molecule is Nc1ccc2[nH]cc(-c3ccc4cc[nH]c4c3)c2c1. The number of hydrogen-bond acceptors (Lipinski definition) is 1. The maximum Gasteiger partial charge on any atom is 0.0461 e. The molecule has 0 atom stereocenters. The molecule has 4 aromatic rings. The van der Waals surface area contributed by atoms with E-state index < -0.39 is 0 Å². The van der Waals surface area contributed by atoms with Gasteiger partial charge in [-0.3, -0.25) is 0 Å². The number of aromatic nitrogens is 2. The molecule has 0 saturated heterocycles. The van der Waals surface area contributed by atoms with E-state index in [1.807, 2.05) is 30.6 Å². The average Bonchev–Trinajstić information content (AvgIpc) is 3.03. The Balaban J connectivity index is 2.00. The van der Waals surface area contributed by atoms with E-state index in [1.54, 1.807) is 0 Å². The molecule has 0 radical (unpaired) electrons. The van der Waals surface area contributed by atoms with Crippen molar-refractivity contribution in [1.82, 2.24) is 9.97 Å². The Morgan fingerprint density at radius 3 is 2.74 bits per heavy atom. The Morgan fingerprint density at radius 2 is 1.79 bits per heavy atom. The van der Waals surface area contributed by atoms with Gasteiger partial charge in [-0.15, -0.1) is 0 Å². The summed E-state index contributed by atoms with van der Waals surface area (Å²) in [6.45, 7) is 0. The van der Waals surface area contributed by atoms with Crippen molar-refractivity contribution in [3.8, 4) is 11.1 Å². The molecular formula is C16H13N3. The van der Waals surface area contributed by atoms with Crippen LogP contribution in [0.4, 0.5) is 5.69 Å². The van der Waals surface area contributed by atoms with E-state index in [9.17, 15) is 0 Å². The molecule has 0 unspecified atom stereocenters. The Hall–Kier alpha value is -2.68. The molecule has 0 amide bonds. The zero-order valence-electron chi connectivity index (χ0n) is 10.3. The molecule has 4 N–H and O–H groups in total. The zero-order valence-corrected chi connectivity index (χ0v) is 10.3. The van der Waals surface area contributed by atoms with Gasteiger partial charge in [0, 0.05) is 40.1 Å². The van der Waals surface area contributed by atoms with Crippen molar-refractivity contribution < 1.29 is 0 Å². The van der Waals surface area contributed by atoms with Crippen LogP contribution in [0.3, 0.4) is 0 Å². The minimum absolute atomic E-state index is 0.786. The first-order chi connectivity index (χ1) is 9.31. The summed E-state index contributed by atoms with van der Waals surface area (Å²) in [5, 5.41) is 2.38. The number of nitrogens with two attached hydrogens (primary N) is 1. The van der Waals surface area contributed by atoms with Crippen LogP contribution >= 0.6 is 0 Å². The van der Waals surface area contributed by atoms with Crippen LogP contribution in [0.2, 0.25) is 0 Å². The summed E-state index contributed by atoms with van der Waals surface area (Å²) >= 11 is 0. The van der Waals surface area contributed by atoms with E-state index in [0.717, 1.165) is 22.1 Å². The summed E-state index contributed by atoms with van der Waals surface area (Å²) < 4.78 is 0. The topological polar surface area (TPSA) is 57.6 Å². The lowest BCUT2D eigenvalue weighted by Gasteiger charge is -2.01. The molecule has 2 aromatic carbocycles. The Morgan fingerprint density at radius 1 is 0.842 bits per heavy atom. The zero-order chi connectivity index (χ0) is 12.8. The molecule has 0 spiro atoms. The van der Waals surface area contributed by atoms with E-state index in [-0.39, 0.29) is 0 Å². The number of hydrogen-bond donors (Lipinski definition) is 3. The largest absolute Gasteiger partial charge is 0.399 e. The lowest BCUT2D eigenvalue weighted by molar-refractivity contribution is 1.47. The van der Waals surface area contributed by atoms with Gasteiger partial charge in [0.2, 0.25) is 0 Å². The smallest absolute Gasteiger partial charge is 0.0461 e. The van der Waals surface area contributed by atoms with E-state index in [1.165, 1.54) is 16.5 Å². The third-order valence-electron chi connectivity index (χ3n) is 3.57. The number of fused-ring (bicyclic) bond motifs is 2. The number of benzene rings is 2. The first-order valence-electron chi connectivity index (χ1n) is 6.25. The molecule has 0 bridgehead atoms. The molecule has 0 saturated carbocycles.